The van der Waals surface area contributed by atoms with Crippen LogP contribution in [0.15, 0.2) is 36.4 Å². The predicted molar refractivity (Wildman–Crippen MR) is 91.1 cm³/mol. The van der Waals surface area contributed by atoms with Crippen molar-refractivity contribution in [2.24, 2.45) is 0 Å². The first kappa shape index (κ1) is 16.7. The molecule has 0 heterocycles. The Morgan fingerprint density at radius 3 is 2.59 bits per heavy atom. The maximum atomic E-state index is 12.1. The summed E-state index contributed by atoms with van der Waals surface area (Å²) in [5.74, 6) is 0.446. The Labute approximate surface area is 140 Å². The van der Waals surface area contributed by atoms with Crippen molar-refractivity contribution in [3.63, 3.8) is 0 Å². The molecule has 22 heavy (non-hydrogen) atoms. The Bertz CT molecular complexity index is 686. The van der Waals surface area contributed by atoms with E-state index < -0.39 is 0 Å². The number of carbonyl (C=O) groups excluding carboxylic acids is 1. The molecule has 2 aromatic carbocycles. The standard InChI is InChI=1S/C17H17Cl2NO2/c1-11-9-15(16(22-2)10-14(11)19)20-17(21)8-7-12-5-3-4-6-13(12)18/h3-6,9-10H,7-8H2,1-2H3,(H,20,21). The number of carbonyl (C=O) groups is 1. The molecule has 0 aliphatic rings. The molecular formula is C17H17Cl2NO2. The quantitative estimate of drug-likeness (QED) is 0.844. The molecule has 0 saturated heterocycles. The molecule has 0 radical (unpaired) electrons. The van der Waals surface area contributed by atoms with Crippen LogP contribution in [-0.4, -0.2) is 13.0 Å². The normalized spacial score (nSPS) is 10.4. The molecule has 2 aromatic rings. The summed E-state index contributed by atoms with van der Waals surface area (Å²) >= 11 is 12.1. The molecule has 0 atom stereocenters. The smallest absolute Gasteiger partial charge is 0.224 e. The number of methoxy groups -OCH3 is 1. The van der Waals surface area contributed by atoms with E-state index in [1.807, 2.05) is 31.2 Å². The van der Waals surface area contributed by atoms with Crippen LogP contribution in [0.5, 0.6) is 5.75 Å². The van der Waals surface area contributed by atoms with Crippen molar-refractivity contribution in [2.45, 2.75) is 19.8 Å². The summed E-state index contributed by atoms with van der Waals surface area (Å²) in [5, 5.41) is 4.13. The number of hydrogen-bond acceptors (Lipinski definition) is 2. The molecule has 0 aromatic heterocycles. The fourth-order valence-electron chi connectivity index (χ4n) is 2.09. The molecule has 0 saturated carbocycles. The Kier molecular flexibility index (Phi) is 5.69. The van der Waals surface area contributed by atoms with Crippen LogP contribution in [0.2, 0.25) is 10.0 Å². The monoisotopic (exact) mass is 337 g/mol. The lowest BCUT2D eigenvalue weighted by Gasteiger charge is -2.12. The molecule has 0 fully saturated rings. The molecular weight excluding hydrogens is 321 g/mol. The summed E-state index contributed by atoms with van der Waals surface area (Å²) in [6, 6.07) is 11.0. The molecule has 0 aliphatic heterocycles. The number of benzene rings is 2. The topological polar surface area (TPSA) is 38.3 Å². The average molecular weight is 338 g/mol. The lowest BCUT2D eigenvalue weighted by Crippen LogP contribution is -2.13. The van der Waals surface area contributed by atoms with E-state index in [1.165, 1.54) is 0 Å². The van der Waals surface area contributed by atoms with Gasteiger partial charge < -0.3 is 10.1 Å². The zero-order valence-electron chi connectivity index (χ0n) is 12.5. The summed E-state index contributed by atoms with van der Waals surface area (Å²) in [6.07, 6.45) is 0.926. The molecule has 5 heteroatoms. The maximum absolute atomic E-state index is 12.1. The van der Waals surface area contributed by atoms with Crippen LogP contribution in [0.1, 0.15) is 17.5 Å². The van der Waals surface area contributed by atoms with E-state index in [0.717, 1.165) is 11.1 Å². The van der Waals surface area contributed by atoms with Crippen molar-refractivity contribution in [2.75, 3.05) is 12.4 Å². The first-order valence-electron chi connectivity index (χ1n) is 6.88. The van der Waals surface area contributed by atoms with Gasteiger partial charge in [0.1, 0.15) is 5.75 Å². The highest BCUT2D eigenvalue weighted by Gasteiger charge is 2.11. The summed E-state index contributed by atoms with van der Waals surface area (Å²) < 4.78 is 5.24. The molecule has 1 N–H and O–H groups in total. The molecule has 2 rings (SSSR count). The number of amides is 1. The minimum absolute atomic E-state index is 0.0973. The van der Waals surface area contributed by atoms with E-state index in [1.54, 1.807) is 19.2 Å². The zero-order chi connectivity index (χ0) is 16.1. The van der Waals surface area contributed by atoms with Crippen LogP contribution in [0.4, 0.5) is 5.69 Å². The van der Waals surface area contributed by atoms with Crippen molar-refractivity contribution in [1.29, 1.82) is 0 Å². The van der Waals surface area contributed by atoms with E-state index in [2.05, 4.69) is 5.32 Å². The zero-order valence-corrected chi connectivity index (χ0v) is 14.0. The van der Waals surface area contributed by atoms with Crippen LogP contribution >= 0.6 is 23.2 Å². The summed E-state index contributed by atoms with van der Waals surface area (Å²) in [5.41, 5.74) is 2.45. The third-order valence-corrected chi connectivity index (χ3v) is 4.11. The molecule has 1 amide bonds. The number of nitrogens with one attached hydrogen (secondary N) is 1. The van der Waals surface area contributed by atoms with Gasteiger partial charge in [0.15, 0.2) is 0 Å². The molecule has 0 aliphatic carbocycles. The van der Waals surface area contributed by atoms with Crippen LogP contribution in [0.3, 0.4) is 0 Å². The van der Waals surface area contributed by atoms with Crippen LogP contribution in [-0.2, 0) is 11.2 Å². The minimum atomic E-state index is -0.0973. The van der Waals surface area contributed by atoms with E-state index in [9.17, 15) is 4.79 Å². The molecule has 0 bridgehead atoms. The van der Waals surface area contributed by atoms with Crippen molar-refractivity contribution in [3.8, 4) is 5.75 Å². The summed E-state index contributed by atoms with van der Waals surface area (Å²) in [6.45, 7) is 1.88. The Morgan fingerprint density at radius 1 is 1.18 bits per heavy atom. The Morgan fingerprint density at radius 2 is 1.91 bits per heavy atom. The Hall–Kier alpha value is -1.71. The number of ether oxygens (including phenoxy) is 1. The van der Waals surface area contributed by atoms with Gasteiger partial charge in [0.25, 0.3) is 0 Å². The second-order valence-corrected chi connectivity index (χ2v) is 5.76. The first-order valence-corrected chi connectivity index (χ1v) is 7.64. The SMILES string of the molecule is COc1cc(Cl)c(C)cc1NC(=O)CCc1ccccc1Cl. The van der Waals surface area contributed by atoms with Crippen LogP contribution < -0.4 is 10.1 Å². The second-order valence-electron chi connectivity index (χ2n) is 4.94. The lowest BCUT2D eigenvalue weighted by atomic mass is 10.1. The highest BCUT2D eigenvalue weighted by atomic mass is 35.5. The largest absolute Gasteiger partial charge is 0.495 e. The number of rotatable bonds is 5. The molecule has 116 valence electrons. The minimum Gasteiger partial charge on any atom is -0.495 e. The van der Waals surface area contributed by atoms with Crippen molar-refractivity contribution in [3.05, 3.63) is 57.6 Å². The number of anilines is 1. The van der Waals surface area contributed by atoms with Crippen molar-refractivity contribution in [1.82, 2.24) is 0 Å². The second kappa shape index (κ2) is 7.52. The van der Waals surface area contributed by atoms with E-state index in [-0.39, 0.29) is 5.91 Å². The van der Waals surface area contributed by atoms with Gasteiger partial charge in [-0.2, -0.15) is 0 Å². The van der Waals surface area contributed by atoms with Crippen LogP contribution in [0.25, 0.3) is 0 Å². The van der Waals surface area contributed by atoms with Gasteiger partial charge in [0, 0.05) is 22.5 Å². The molecule has 0 spiro atoms. The number of halogens is 2. The van der Waals surface area contributed by atoms with Gasteiger partial charge in [-0.05, 0) is 36.6 Å². The summed E-state index contributed by atoms with van der Waals surface area (Å²) in [4.78, 5) is 12.1. The van der Waals surface area contributed by atoms with Gasteiger partial charge in [0.05, 0.1) is 12.8 Å². The highest BCUT2D eigenvalue weighted by molar-refractivity contribution is 6.31. The van der Waals surface area contributed by atoms with Gasteiger partial charge >= 0.3 is 0 Å². The van der Waals surface area contributed by atoms with Gasteiger partial charge in [-0.3, -0.25) is 4.79 Å². The molecule has 3 nitrogen and oxygen atoms in total. The van der Waals surface area contributed by atoms with E-state index in [0.29, 0.717) is 34.3 Å². The van der Waals surface area contributed by atoms with Crippen LogP contribution in [0, 0.1) is 6.92 Å². The van der Waals surface area contributed by atoms with Gasteiger partial charge in [-0.25, -0.2) is 0 Å². The van der Waals surface area contributed by atoms with Crippen molar-refractivity contribution >= 4 is 34.8 Å². The third-order valence-electron chi connectivity index (χ3n) is 3.33. The highest BCUT2D eigenvalue weighted by Crippen LogP contribution is 2.31. The van der Waals surface area contributed by atoms with Gasteiger partial charge in [-0.1, -0.05) is 41.4 Å². The fourth-order valence-corrected chi connectivity index (χ4v) is 2.48. The summed E-state index contributed by atoms with van der Waals surface area (Å²) in [7, 11) is 1.54. The number of aryl methyl sites for hydroxylation is 2. The van der Waals surface area contributed by atoms with Gasteiger partial charge in [0.2, 0.25) is 5.91 Å². The first-order chi connectivity index (χ1) is 10.5. The van der Waals surface area contributed by atoms with Crippen molar-refractivity contribution < 1.29 is 9.53 Å². The number of hydrogen-bond donors (Lipinski definition) is 1. The average Bonchev–Trinajstić information content (AvgIpc) is 2.50. The molecule has 0 unspecified atom stereocenters. The predicted octanol–water partition coefficient (Wildman–Crippen LogP) is 4.88. The van der Waals surface area contributed by atoms with E-state index >= 15 is 0 Å². The third kappa shape index (κ3) is 4.15. The van der Waals surface area contributed by atoms with Gasteiger partial charge in [-0.15, -0.1) is 0 Å². The fraction of sp³-hybridized carbons (Fsp3) is 0.235. The maximum Gasteiger partial charge on any atom is 0.224 e. The van der Waals surface area contributed by atoms with E-state index in [4.69, 9.17) is 27.9 Å². The lowest BCUT2D eigenvalue weighted by molar-refractivity contribution is -0.116. The Balaban J connectivity index is 2.03.